The fourth-order valence-corrected chi connectivity index (χ4v) is 4.66. The highest BCUT2D eigenvalue weighted by atomic mass is 32.1. The second-order valence-corrected chi connectivity index (χ2v) is 8.16. The lowest BCUT2D eigenvalue weighted by molar-refractivity contribution is 0.394. The van der Waals surface area contributed by atoms with Crippen molar-refractivity contribution in [3.05, 3.63) is 77.9 Å². The maximum Gasteiger partial charge on any atom is 0.270 e. The summed E-state index contributed by atoms with van der Waals surface area (Å²) in [5.74, 6) is 2.24. The van der Waals surface area contributed by atoms with Gasteiger partial charge in [-0.3, -0.25) is 0 Å². The Bertz CT molecular complexity index is 1370. The molecule has 5 rings (SSSR count). The van der Waals surface area contributed by atoms with Crippen molar-refractivity contribution in [3.8, 4) is 50.5 Å². The first kappa shape index (κ1) is 20.1. The number of rotatable bonds is 6. The summed E-state index contributed by atoms with van der Waals surface area (Å²) in [6.07, 6.45) is 4.04. The number of aromatic nitrogens is 3. The number of benzene rings is 2. The molecule has 0 radical (unpaired) electrons. The highest BCUT2D eigenvalue weighted by Crippen LogP contribution is 2.41. The molecule has 32 heavy (non-hydrogen) atoms. The van der Waals surface area contributed by atoms with Crippen LogP contribution in [0.4, 0.5) is 0 Å². The molecule has 0 saturated carbocycles. The average Bonchev–Trinajstić information content (AvgIpc) is 3.58. The lowest BCUT2D eigenvalue weighted by Crippen LogP contribution is -1.94. The molecular weight excluding hydrogens is 422 g/mol. The largest absolute Gasteiger partial charge is 0.497 e. The first-order chi connectivity index (χ1) is 15.7. The van der Waals surface area contributed by atoms with Crippen molar-refractivity contribution < 1.29 is 14.0 Å². The van der Waals surface area contributed by atoms with Crippen molar-refractivity contribution in [1.29, 1.82) is 0 Å². The van der Waals surface area contributed by atoms with E-state index < -0.39 is 0 Å². The highest BCUT2D eigenvalue weighted by molar-refractivity contribution is 7.14. The zero-order valence-corrected chi connectivity index (χ0v) is 18.7. The van der Waals surface area contributed by atoms with Crippen molar-refractivity contribution in [1.82, 2.24) is 14.7 Å². The smallest absolute Gasteiger partial charge is 0.270 e. The van der Waals surface area contributed by atoms with Gasteiger partial charge in [-0.15, -0.1) is 11.3 Å². The fourth-order valence-electron chi connectivity index (χ4n) is 3.67. The van der Waals surface area contributed by atoms with E-state index in [2.05, 4.69) is 46.3 Å². The summed E-state index contributed by atoms with van der Waals surface area (Å²) in [4.78, 5) is 5.61. The van der Waals surface area contributed by atoms with Gasteiger partial charge in [0.2, 0.25) is 5.82 Å². The monoisotopic (exact) mass is 443 g/mol. The molecule has 0 bridgehead atoms. The van der Waals surface area contributed by atoms with Crippen LogP contribution in [0.2, 0.25) is 0 Å². The Balaban J connectivity index is 1.62. The van der Waals surface area contributed by atoms with Crippen LogP contribution in [-0.2, 0) is 0 Å². The zero-order chi connectivity index (χ0) is 22.1. The molecule has 7 heteroatoms. The molecule has 0 fully saturated rings. The summed E-state index contributed by atoms with van der Waals surface area (Å²) in [6.45, 7) is 2.10. The molecule has 0 saturated heterocycles. The summed E-state index contributed by atoms with van der Waals surface area (Å²) < 4.78 is 18.6. The van der Waals surface area contributed by atoms with E-state index in [1.54, 1.807) is 31.6 Å². The molecule has 0 spiro atoms. The number of hydrogen-bond donors (Lipinski definition) is 0. The third-order valence-electron chi connectivity index (χ3n) is 5.23. The standard InChI is InChI=1S/C25H21N3O3S/c1-16-7-6-8-17(13-16)20-15-32-23(22(20)28-11-4-5-12-28)25-26-24(27-31-25)19-10-9-18(29-2)14-21(19)30-3/h4-15H,1-3H3. The van der Waals surface area contributed by atoms with E-state index in [0.29, 0.717) is 23.2 Å². The van der Waals surface area contributed by atoms with Crippen molar-refractivity contribution in [2.45, 2.75) is 6.92 Å². The Labute approximate surface area is 189 Å². The molecule has 5 aromatic rings. The van der Waals surface area contributed by atoms with Crippen LogP contribution < -0.4 is 9.47 Å². The molecule has 6 nitrogen and oxygen atoms in total. The van der Waals surface area contributed by atoms with Crippen molar-refractivity contribution >= 4 is 11.3 Å². The lowest BCUT2D eigenvalue weighted by Gasteiger charge is -2.08. The van der Waals surface area contributed by atoms with Crippen LogP contribution in [0, 0.1) is 6.92 Å². The highest BCUT2D eigenvalue weighted by Gasteiger charge is 2.22. The normalized spacial score (nSPS) is 11.0. The summed E-state index contributed by atoms with van der Waals surface area (Å²) in [7, 11) is 3.23. The van der Waals surface area contributed by atoms with Crippen LogP contribution >= 0.6 is 11.3 Å². The van der Waals surface area contributed by atoms with Gasteiger partial charge in [0.1, 0.15) is 16.4 Å². The maximum atomic E-state index is 5.72. The molecular formula is C25H21N3O3S. The van der Waals surface area contributed by atoms with Crippen LogP contribution in [0.25, 0.3) is 39.0 Å². The van der Waals surface area contributed by atoms with Crippen LogP contribution in [0.15, 0.2) is 76.9 Å². The SMILES string of the molecule is COc1ccc(-c2noc(-c3scc(-c4cccc(C)c4)c3-n3cccc3)n2)c(OC)c1. The number of methoxy groups -OCH3 is 2. The Morgan fingerprint density at radius 3 is 2.53 bits per heavy atom. The minimum atomic E-state index is 0.462. The number of thiophene rings is 1. The molecule has 0 amide bonds. The number of ether oxygens (including phenoxy) is 2. The molecule has 160 valence electrons. The number of aryl methyl sites for hydroxylation is 1. The third-order valence-corrected chi connectivity index (χ3v) is 6.18. The zero-order valence-electron chi connectivity index (χ0n) is 17.9. The molecule has 0 N–H and O–H groups in total. The van der Waals surface area contributed by atoms with E-state index in [1.807, 2.05) is 36.7 Å². The van der Waals surface area contributed by atoms with Crippen LogP contribution in [0.1, 0.15) is 5.56 Å². The van der Waals surface area contributed by atoms with Crippen LogP contribution in [0.3, 0.4) is 0 Å². The average molecular weight is 444 g/mol. The topological polar surface area (TPSA) is 62.3 Å². The van der Waals surface area contributed by atoms with Gasteiger partial charge >= 0.3 is 0 Å². The fraction of sp³-hybridized carbons (Fsp3) is 0.120. The molecule has 3 heterocycles. The summed E-state index contributed by atoms with van der Waals surface area (Å²) in [5.41, 5.74) is 5.23. The number of hydrogen-bond acceptors (Lipinski definition) is 6. The van der Waals surface area contributed by atoms with E-state index in [4.69, 9.17) is 19.0 Å². The Kier molecular flexibility index (Phi) is 5.25. The molecule has 0 aliphatic rings. The lowest BCUT2D eigenvalue weighted by atomic mass is 10.0. The van der Waals surface area contributed by atoms with Gasteiger partial charge in [0.05, 0.1) is 25.5 Å². The minimum absolute atomic E-state index is 0.462. The molecule has 0 atom stereocenters. The van der Waals surface area contributed by atoms with E-state index >= 15 is 0 Å². The van der Waals surface area contributed by atoms with Crippen molar-refractivity contribution in [2.24, 2.45) is 0 Å². The van der Waals surface area contributed by atoms with E-state index in [9.17, 15) is 0 Å². The van der Waals surface area contributed by atoms with Crippen LogP contribution in [0.5, 0.6) is 11.5 Å². The Morgan fingerprint density at radius 2 is 1.78 bits per heavy atom. The minimum Gasteiger partial charge on any atom is -0.497 e. The summed E-state index contributed by atoms with van der Waals surface area (Å²) in [5, 5.41) is 6.37. The Hall–Kier alpha value is -3.84. The van der Waals surface area contributed by atoms with Crippen molar-refractivity contribution in [2.75, 3.05) is 14.2 Å². The van der Waals surface area contributed by atoms with Gasteiger partial charge in [-0.05, 0) is 36.8 Å². The van der Waals surface area contributed by atoms with Gasteiger partial charge in [0, 0.05) is 29.4 Å². The summed E-state index contributed by atoms with van der Waals surface area (Å²) in [6, 6.07) is 18.0. The second kappa shape index (κ2) is 8.36. The van der Waals surface area contributed by atoms with E-state index in [1.165, 1.54) is 5.56 Å². The second-order valence-electron chi connectivity index (χ2n) is 7.28. The quantitative estimate of drug-likeness (QED) is 0.310. The van der Waals surface area contributed by atoms with E-state index in [0.717, 1.165) is 27.3 Å². The third kappa shape index (κ3) is 3.56. The predicted octanol–water partition coefficient (Wildman–Crippen LogP) is 6.25. The molecule has 3 aromatic heterocycles. The van der Waals surface area contributed by atoms with Gasteiger partial charge in [-0.2, -0.15) is 4.98 Å². The van der Waals surface area contributed by atoms with Crippen LogP contribution in [-0.4, -0.2) is 28.9 Å². The molecule has 2 aromatic carbocycles. The predicted molar refractivity (Wildman–Crippen MR) is 126 cm³/mol. The maximum absolute atomic E-state index is 5.72. The van der Waals surface area contributed by atoms with Gasteiger partial charge in [-0.25, -0.2) is 0 Å². The van der Waals surface area contributed by atoms with Crippen molar-refractivity contribution in [3.63, 3.8) is 0 Å². The summed E-state index contributed by atoms with van der Waals surface area (Å²) >= 11 is 1.58. The van der Waals surface area contributed by atoms with Gasteiger partial charge in [0.25, 0.3) is 5.89 Å². The first-order valence-electron chi connectivity index (χ1n) is 10.1. The molecule has 0 aliphatic heterocycles. The Morgan fingerprint density at radius 1 is 0.938 bits per heavy atom. The van der Waals surface area contributed by atoms with Gasteiger partial charge in [0.15, 0.2) is 0 Å². The van der Waals surface area contributed by atoms with E-state index in [-0.39, 0.29) is 0 Å². The molecule has 0 unspecified atom stereocenters. The van der Waals surface area contributed by atoms with Gasteiger partial charge in [-0.1, -0.05) is 35.0 Å². The first-order valence-corrected chi connectivity index (χ1v) is 10.9. The number of nitrogens with zero attached hydrogens (tertiary/aromatic N) is 3. The molecule has 0 aliphatic carbocycles. The van der Waals surface area contributed by atoms with Gasteiger partial charge < -0.3 is 18.6 Å².